The second-order valence-electron chi connectivity index (χ2n) is 5.50. The number of benzene rings is 1. The molecule has 0 saturated carbocycles. The van der Waals surface area contributed by atoms with Crippen LogP contribution >= 0.6 is 0 Å². The molecule has 0 aliphatic carbocycles. The minimum absolute atomic E-state index is 0.182. The topological polar surface area (TPSA) is 73.3 Å². The smallest absolute Gasteiger partial charge is 0.356 e. The fourth-order valence-corrected chi connectivity index (χ4v) is 2.46. The van der Waals surface area contributed by atoms with Gasteiger partial charge in [-0.3, -0.25) is 9.55 Å². The number of ether oxygens (including phenoxy) is 2. The number of carbonyl (C=O) groups excluding carboxylic acids is 1. The van der Waals surface area contributed by atoms with E-state index in [1.807, 2.05) is 12.1 Å². The van der Waals surface area contributed by atoms with E-state index in [-0.39, 0.29) is 18.0 Å². The summed E-state index contributed by atoms with van der Waals surface area (Å²) in [5.74, 6) is 0.239. The van der Waals surface area contributed by atoms with Crippen molar-refractivity contribution in [2.75, 3.05) is 13.2 Å². The molecule has 24 heavy (non-hydrogen) atoms. The molecular formula is C18H24N2O4. The third kappa shape index (κ3) is 4.07. The molecule has 0 bridgehead atoms. The second kappa shape index (κ2) is 8.38. The van der Waals surface area contributed by atoms with Crippen molar-refractivity contribution in [2.45, 2.75) is 40.0 Å². The monoisotopic (exact) mass is 332 g/mol. The Morgan fingerprint density at radius 1 is 1.17 bits per heavy atom. The van der Waals surface area contributed by atoms with Gasteiger partial charge in [-0.25, -0.2) is 9.59 Å². The number of rotatable bonds is 8. The summed E-state index contributed by atoms with van der Waals surface area (Å²) >= 11 is 0. The Labute approximate surface area is 141 Å². The Kier molecular flexibility index (Phi) is 6.23. The summed E-state index contributed by atoms with van der Waals surface area (Å²) in [6.07, 6.45) is 3.32. The third-order valence-corrected chi connectivity index (χ3v) is 3.72. The molecule has 0 unspecified atom stereocenters. The predicted molar refractivity (Wildman–Crippen MR) is 92.1 cm³/mol. The molecule has 1 heterocycles. The van der Waals surface area contributed by atoms with Gasteiger partial charge in [0.15, 0.2) is 0 Å². The molecule has 6 nitrogen and oxygen atoms in total. The highest BCUT2D eigenvalue weighted by Gasteiger charge is 2.18. The van der Waals surface area contributed by atoms with Crippen molar-refractivity contribution in [3.8, 4) is 11.4 Å². The van der Waals surface area contributed by atoms with E-state index >= 15 is 0 Å². The van der Waals surface area contributed by atoms with Gasteiger partial charge in [0.05, 0.1) is 24.6 Å². The Bertz CT molecular complexity index is 728. The maximum atomic E-state index is 12.2. The highest BCUT2D eigenvalue weighted by Crippen LogP contribution is 2.17. The lowest BCUT2D eigenvalue weighted by molar-refractivity contribution is 0.0519. The van der Waals surface area contributed by atoms with E-state index < -0.39 is 5.97 Å². The minimum atomic E-state index is -0.526. The highest BCUT2D eigenvalue weighted by molar-refractivity contribution is 5.88. The minimum Gasteiger partial charge on any atom is -0.494 e. The van der Waals surface area contributed by atoms with E-state index in [1.54, 1.807) is 26.0 Å². The summed E-state index contributed by atoms with van der Waals surface area (Å²) in [5.41, 5.74) is 1.01. The largest absolute Gasteiger partial charge is 0.494 e. The third-order valence-electron chi connectivity index (χ3n) is 3.72. The SMILES string of the molecule is CCCCCOc1ccc(-n2c(C)c(C(=O)OCC)[nH]c2=O)cc1. The van der Waals surface area contributed by atoms with Gasteiger partial charge in [-0.1, -0.05) is 19.8 Å². The van der Waals surface area contributed by atoms with Crippen molar-refractivity contribution in [1.29, 1.82) is 0 Å². The van der Waals surface area contributed by atoms with Crippen LogP contribution in [0.4, 0.5) is 0 Å². The highest BCUT2D eigenvalue weighted by atomic mass is 16.5. The van der Waals surface area contributed by atoms with Crippen LogP contribution in [-0.2, 0) is 4.74 Å². The molecule has 0 aliphatic heterocycles. The van der Waals surface area contributed by atoms with Crippen LogP contribution in [0.3, 0.4) is 0 Å². The van der Waals surface area contributed by atoms with Crippen LogP contribution in [0.15, 0.2) is 29.1 Å². The standard InChI is InChI=1S/C18H24N2O4/c1-4-6-7-12-24-15-10-8-14(9-11-15)20-13(3)16(19-18(20)22)17(21)23-5-2/h8-11H,4-7,12H2,1-3H3,(H,19,22). The number of nitrogens with zero attached hydrogens (tertiary/aromatic N) is 1. The number of unbranched alkanes of at least 4 members (excludes halogenated alkanes) is 2. The molecule has 1 aromatic carbocycles. The van der Waals surface area contributed by atoms with Gasteiger partial charge < -0.3 is 9.47 Å². The van der Waals surface area contributed by atoms with E-state index in [2.05, 4.69) is 11.9 Å². The maximum absolute atomic E-state index is 12.2. The maximum Gasteiger partial charge on any atom is 0.356 e. The lowest BCUT2D eigenvalue weighted by atomic mass is 10.2. The van der Waals surface area contributed by atoms with Crippen molar-refractivity contribution in [1.82, 2.24) is 9.55 Å². The van der Waals surface area contributed by atoms with Crippen LogP contribution in [0.25, 0.3) is 5.69 Å². The number of hydrogen-bond donors (Lipinski definition) is 1. The average molecular weight is 332 g/mol. The Balaban J connectivity index is 2.17. The lowest BCUT2D eigenvalue weighted by Gasteiger charge is -2.08. The summed E-state index contributed by atoms with van der Waals surface area (Å²) in [6, 6.07) is 7.24. The summed E-state index contributed by atoms with van der Waals surface area (Å²) in [7, 11) is 0. The normalized spacial score (nSPS) is 10.6. The zero-order chi connectivity index (χ0) is 17.5. The molecule has 0 radical (unpaired) electrons. The van der Waals surface area contributed by atoms with Crippen LogP contribution in [0.2, 0.25) is 0 Å². The molecule has 0 atom stereocenters. The Morgan fingerprint density at radius 3 is 2.50 bits per heavy atom. The van der Waals surface area contributed by atoms with Gasteiger partial charge in [-0.2, -0.15) is 0 Å². The molecule has 6 heteroatoms. The molecule has 2 rings (SSSR count). The van der Waals surface area contributed by atoms with E-state index in [0.29, 0.717) is 18.0 Å². The second-order valence-corrected chi connectivity index (χ2v) is 5.50. The van der Waals surface area contributed by atoms with E-state index in [1.165, 1.54) is 4.57 Å². The molecule has 2 aromatic rings. The number of imidazole rings is 1. The van der Waals surface area contributed by atoms with Gasteiger partial charge in [0.25, 0.3) is 0 Å². The van der Waals surface area contributed by atoms with E-state index in [4.69, 9.17) is 9.47 Å². The van der Waals surface area contributed by atoms with E-state index in [0.717, 1.165) is 25.0 Å². The number of esters is 1. The predicted octanol–water partition coefficient (Wildman–Crippen LogP) is 3.22. The van der Waals surface area contributed by atoms with Crippen molar-refractivity contribution in [3.63, 3.8) is 0 Å². The molecule has 0 spiro atoms. The average Bonchev–Trinajstić information content (AvgIpc) is 2.87. The zero-order valence-electron chi connectivity index (χ0n) is 14.4. The quantitative estimate of drug-likeness (QED) is 0.595. The molecular weight excluding hydrogens is 308 g/mol. The first-order valence-corrected chi connectivity index (χ1v) is 8.30. The summed E-state index contributed by atoms with van der Waals surface area (Å²) in [4.78, 5) is 26.6. The van der Waals surface area contributed by atoms with Crippen LogP contribution in [0.1, 0.15) is 49.3 Å². The van der Waals surface area contributed by atoms with Gasteiger partial charge in [0.1, 0.15) is 11.4 Å². The molecule has 1 N–H and O–H groups in total. The molecule has 0 fully saturated rings. The number of H-pyrrole nitrogens is 1. The van der Waals surface area contributed by atoms with Gasteiger partial charge in [0.2, 0.25) is 0 Å². The number of aromatic nitrogens is 2. The first kappa shape index (κ1) is 17.8. The first-order valence-electron chi connectivity index (χ1n) is 8.30. The number of nitrogens with one attached hydrogen (secondary N) is 1. The summed E-state index contributed by atoms with van der Waals surface area (Å²) < 4.78 is 12.1. The Morgan fingerprint density at radius 2 is 1.88 bits per heavy atom. The Hall–Kier alpha value is -2.50. The number of carbonyl (C=O) groups is 1. The summed E-state index contributed by atoms with van der Waals surface area (Å²) in [6.45, 7) is 6.52. The van der Waals surface area contributed by atoms with Gasteiger partial charge in [0, 0.05) is 0 Å². The van der Waals surface area contributed by atoms with E-state index in [9.17, 15) is 9.59 Å². The van der Waals surface area contributed by atoms with Crippen molar-refractivity contribution < 1.29 is 14.3 Å². The van der Waals surface area contributed by atoms with Crippen LogP contribution in [0.5, 0.6) is 5.75 Å². The van der Waals surface area contributed by atoms with Gasteiger partial charge >= 0.3 is 11.7 Å². The van der Waals surface area contributed by atoms with Gasteiger partial charge in [-0.05, 0) is 44.5 Å². The fourth-order valence-electron chi connectivity index (χ4n) is 2.46. The molecule has 130 valence electrons. The molecule has 1 aromatic heterocycles. The molecule has 0 saturated heterocycles. The number of aromatic amines is 1. The summed E-state index contributed by atoms with van der Waals surface area (Å²) in [5, 5.41) is 0. The first-order chi connectivity index (χ1) is 11.6. The number of hydrogen-bond acceptors (Lipinski definition) is 4. The van der Waals surface area contributed by atoms with Gasteiger partial charge in [-0.15, -0.1) is 0 Å². The molecule has 0 amide bonds. The fraction of sp³-hybridized carbons (Fsp3) is 0.444. The van der Waals surface area contributed by atoms with Crippen molar-refractivity contribution in [2.24, 2.45) is 0 Å². The lowest BCUT2D eigenvalue weighted by Crippen LogP contribution is -2.15. The van der Waals surface area contributed by atoms with Crippen LogP contribution in [0, 0.1) is 6.92 Å². The molecule has 0 aliphatic rings. The van der Waals surface area contributed by atoms with Crippen molar-refractivity contribution >= 4 is 5.97 Å². The van der Waals surface area contributed by atoms with Crippen molar-refractivity contribution in [3.05, 3.63) is 46.1 Å². The zero-order valence-corrected chi connectivity index (χ0v) is 14.4. The van der Waals surface area contributed by atoms with Crippen LogP contribution < -0.4 is 10.4 Å². The van der Waals surface area contributed by atoms with Crippen LogP contribution in [-0.4, -0.2) is 28.7 Å².